The molecular formula is C18H24N2O. The van der Waals surface area contributed by atoms with Gasteiger partial charge in [-0.25, -0.2) is 0 Å². The lowest BCUT2D eigenvalue weighted by molar-refractivity contribution is -0.121. The average Bonchev–Trinajstić information content (AvgIpc) is 2.86. The third kappa shape index (κ3) is 3.18. The number of nitrogens with zero attached hydrogens (tertiary/aromatic N) is 2. The van der Waals surface area contributed by atoms with Crippen molar-refractivity contribution >= 4 is 5.78 Å². The summed E-state index contributed by atoms with van der Waals surface area (Å²) in [5.41, 5.74) is 2.36. The molecule has 0 spiro atoms. The molecule has 1 aromatic carbocycles. The molecule has 1 aliphatic carbocycles. The maximum Gasteiger partial charge on any atom is 0.164 e. The van der Waals surface area contributed by atoms with Crippen molar-refractivity contribution in [2.75, 3.05) is 27.2 Å². The summed E-state index contributed by atoms with van der Waals surface area (Å²) in [6.45, 7) is 2.96. The van der Waals surface area contributed by atoms with Crippen LogP contribution in [0.5, 0.6) is 0 Å². The summed E-state index contributed by atoms with van der Waals surface area (Å²) in [4.78, 5) is 17.1. The first-order valence-corrected chi connectivity index (χ1v) is 7.81. The Kier molecular flexibility index (Phi) is 4.11. The molecule has 2 unspecified atom stereocenters. The van der Waals surface area contributed by atoms with Crippen molar-refractivity contribution in [3.8, 4) is 0 Å². The van der Waals surface area contributed by atoms with Crippen LogP contribution in [0.4, 0.5) is 0 Å². The number of allylic oxidation sites excluding steroid dienone is 1. The molecule has 3 rings (SSSR count). The van der Waals surface area contributed by atoms with E-state index in [-0.39, 0.29) is 5.92 Å². The molecule has 1 aromatic rings. The zero-order valence-electron chi connectivity index (χ0n) is 13.0. The summed E-state index contributed by atoms with van der Waals surface area (Å²) in [5.74, 6) is 1.16. The largest absolute Gasteiger partial charge is 0.383 e. The third-order valence-electron chi connectivity index (χ3n) is 4.62. The highest BCUT2D eigenvalue weighted by Crippen LogP contribution is 2.36. The summed E-state index contributed by atoms with van der Waals surface area (Å²) in [7, 11) is 3.98. The lowest BCUT2D eigenvalue weighted by atomic mass is 9.78. The summed E-state index contributed by atoms with van der Waals surface area (Å²) >= 11 is 0. The predicted molar refractivity (Wildman–Crippen MR) is 84.7 cm³/mol. The number of benzene rings is 1. The van der Waals surface area contributed by atoms with E-state index >= 15 is 0 Å². The number of carbonyl (C=O) groups excluding carboxylic acids is 1. The topological polar surface area (TPSA) is 23.6 Å². The van der Waals surface area contributed by atoms with Gasteiger partial charge in [0.1, 0.15) is 0 Å². The van der Waals surface area contributed by atoms with Crippen LogP contribution in [0.15, 0.2) is 42.1 Å². The molecule has 2 atom stereocenters. The van der Waals surface area contributed by atoms with E-state index in [0.29, 0.717) is 11.7 Å². The first kappa shape index (κ1) is 14.3. The minimum Gasteiger partial charge on any atom is -0.383 e. The number of rotatable bonds is 3. The van der Waals surface area contributed by atoms with Crippen LogP contribution in [0.25, 0.3) is 0 Å². The van der Waals surface area contributed by atoms with Crippen LogP contribution in [0.3, 0.4) is 0 Å². The summed E-state index contributed by atoms with van der Waals surface area (Å²) in [5, 5.41) is 0. The van der Waals surface area contributed by atoms with Gasteiger partial charge in [-0.15, -0.1) is 0 Å². The fraction of sp³-hybridized carbons (Fsp3) is 0.500. The number of fused-ring (bicyclic) bond motifs is 1. The maximum absolute atomic E-state index is 12.6. The van der Waals surface area contributed by atoms with Gasteiger partial charge in [0.15, 0.2) is 5.78 Å². The Morgan fingerprint density at radius 2 is 2.00 bits per heavy atom. The number of carbonyl (C=O) groups is 1. The maximum atomic E-state index is 12.6. The minimum atomic E-state index is 0.216. The molecule has 0 N–H and O–H groups in total. The first-order chi connectivity index (χ1) is 10.1. The molecule has 2 aliphatic rings. The lowest BCUT2D eigenvalue weighted by Gasteiger charge is -2.25. The molecule has 112 valence electrons. The molecule has 1 aliphatic heterocycles. The van der Waals surface area contributed by atoms with E-state index in [9.17, 15) is 4.79 Å². The average molecular weight is 284 g/mol. The second-order valence-corrected chi connectivity index (χ2v) is 6.57. The Bertz CT molecular complexity index is 535. The van der Waals surface area contributed by atoms with Crippen molar-refractivity contribution in [1.29, 1.82) is 0 Å². The predicted octanol–water partition coefficient (Wildman–Crippen LogP) is 2.54. The van der Waals surface area contributed by atoms with Crippen LogP contribution in [-0.2, 0) is 11.3 Å². The normalized spacial score (nSPS) is 27.9. The van der Waals surface area contributed by atoms with Crippen molar-refractivity contribution in [2.45, 2.75) is 19.4 Å². The molecule has 0 amide bonds. The van der Waals surface area contributed by atoms with Gasteiger partial charge in [-0.3, -0.25) is 9.69 Å². The van der Waals surface area contributed by atoms with Crippen molar-refractivity contribution < 1.29 is 4.79 Å². The van der Waals surface area contributed by atoms with E-state index in [2.05, 4.69) is 35.2 Å². The fourth-order valence-electron chi connectivity index (χ4n) is 3.66. The van der Waals surface area contributed by atoms with Gasteiger partial charge >= 0.3 is 0 Å². The van der Waals surface area contributed by atoms with Gasteiger partial charge < -0.3 is 4.90 Å². The van der Waals surface area contributed by atoms with Crippen LogP contribution >= 0.6 is 0 Å². The molecule has 3 heteroatoms. The van der Waals surface area contributed by atoms with Crippen LogP contribution in [0.2, 0.25) is 0 Å². The Balaban J connectivity index is 1.67. The van der Waals surface area contributed by atoms with Crippen molar-refractivity contribution in [3.05, 3.63) is 47.7 Å². The van der Waals surface area contributed by atoms with E-state index in [4.69, 9.17) is 0 Å². The van der Waals surface area contributed by atoms with E-state index < -0.39 is 0 Å². The van der Waals surface area contributed by atoms with Gasteiger partial charge in [-0.05, 0) is 24.3 Å². The van der Waals surface area contributed by atoms with Crippen LogP contribution in [0.1, 0.15) is 18.4 Å². The van der Waals surface area contributed by atoms with Crippen molar-refractivity contribution in [1.82, 2.24) is 9.80 Å². The van der Waals surface area contributed by atoms with Gasteiger partial charge in [0.2, 0.25) is 0 Å². The Labute approximate surface area is 127 Å². The summed E-state index contributed by atoms with van der Waals surface area (Å²) in [6.07, 6.45) is 4.11. The zero-order chi connectivity index (χ0) is 14.8. The highest BCUT2D eigenvalue weighted by molar-refractivity contribution is 5.98. The second kappa shape index (κ2) is 6.02. The smallest absolute Gasteiger partial charge is 0.164 e. The van der Waals surface area contributed by atoms with Crippen molar-refractivity contribution in [3.63, 3.8) is 0 Å². The standard InChI is InChI=1S/C18H24N2O/c1-19(2)11-16-9-8-15-12-20(13-17(15)18(16)21)10-14-6-4-3-5-7-14/h3-7,11,15,17H,8-10,12-13H2,1-2H3. The lowest BCUT2D eigenvalue weighted by Crippen LogP contribution is -2.30. The Morgan fingerprint density at radius 1 is 1.24 bits per heavy atom. The minimum absolute atomic E-state index is 0.216. The molecule has 0 aromatic heterocycles. The molecule has 0 bridgehead atoms. The van der Waals surface area contributed by atoms with Crippen molar-refractivity contribution in [2.24, 2.45) is 11.8 Å². The molecular weight excluding hydrogens is 260 g/mol. The molecule has 0 radical (unpaired) electrons. The number of ketones is 1. The van der Waals surface area contributed by atoms with E-state index in [1.165, 1.54) is 5.56 Å². The van der Waals surface area contributed by atoms with Gasteiger partial charge in [0.05, 0.1) is 0 Å². The third-order valence-corrected chi connectivity index (χ3v) is 4.62. The zero-order valence-corrected chi connectivity index (χ0v) is 13.0. The summed E-state index contributed by atoms with van der Waals surface area (Å²) < 4.78 is 0. The number of Topliss-reactive ketones (excluding diaryl/α,β-unsaturated/α-hetero) is 1. The number of likely N-dealkylation sites (tertiary alicyclic amines) is 1. The molecule has 2 fully saturated rings. The van der Waals surface area contributed by atoms with Gasteiger partial charge in [-0.1, -0.05) is 30.3 Å². The SMILES string of the molecule is CN(C)C=C1CCC2CN(Cc3ccccc3)CC2C1=O. The van der Waals surface area contributed by atoms with Crippen LogP contribution < -0.4 is 0 Å². The monoisotopic (exact) mass is 284 g/mol. The highest BCUT2D eigenvalue weighted by atomic mass is 16.1. The van der Waals surface area contributed by atoms with E-state index in [0.717, 1.165) is 38.0 Å². The van der Waals surface area contributed by atoms with Gasteiger partial charge in [0, 0.05) is 51.4 Å². The Hall–Kier alpha value is -1.61. The fourth-order valence-corrected chi connectivity index (χ4v) is 3.66. The quantitative estimate of drug-likeness (QED) is 0.797. The number of hydrogen-bond acceptors (Lipinski definition) is 3. The molecule has 1 saturated carbocycles. The Morgan fingerprint density at radius 3 is 2.71 bits per heavy atom. The molecule has 21 heavy (non-hydrogen) atoms. The highest BCUT2D eigenvalue weighted by Gasteiger charge is 2.41. The molecule has 1 saturated heterocycles. The first-order valence-electron chi connectivity index (χ1n) is 7.81. The molecule has 3 nitrogen and oxygen atoms in total. The second-order valence-electron chi connectivity index (χ2n) is 6.57. The summed E-state index contributed by atoms with van der Waals surface area (Å²) in [6, 6.07) is 10.6. The van der Waals surface area contributed by atoms with E-state index in [1.807, 2.05) is 25.2 Å². The van der Waals surface area contributed by atoms with Crippen LogP contribution in [0, 0.1) is 11.8 Å². The van der Waals surface area contributed by atoms with Crippen LogP contribution in [-0.4, -0.2) is 42.8 Å². The van der Waals surface area contributed by atoms with Gasteiger partial charge in [-0.2, -0.15) is 0 Å². The number of hydrogen-bond donors (Lipinski definition) is 0. The molecule has 1 heterocycles. The van der Waals surface area contributed by atoms with E-state index in [1.54, 1.807) is 0 Å². The van der Waals surface area contributed by atoms with Gasteiger partial charge in [0.25, 0.3) is 0 Å².